The minimum absolute atomic E-state index is 0.0142. The first kappa shape index (κ1) is 25.0. The molecule has 4 unspecified atom stereocenters. The zero-order valence-electron chi connectivity index (χ0n) is 20.7. The molecule has 2 fully saturated rings. The number of carbonyl (C=O) groups excluding carboxylic acids is 2. The second kappa shape index (κ2) is 10.4. The van der Waals surface area contributed by atoms with E-state index in [9.17, 15) is 24.9 Å². The number of nitrogens with zero attached hydrogens (tertiary/aromatic N) is 1. The first-order chi connectivity index (χ1) is 17.5. The van der Waals surface area contributed by atoms with E-state index in [2.05, 4.69) is 5.32 Å². The van der Waals surface area contributed by atoms with Crippen LogP contribution in [0, 0.1) is 5.92 Å². The van der Waals surface area contributed by atoms with E-state index >= 15 is 0 Å². The lowest BCUT2D eigenvalue weighted by Crippen LogP contribution is -2.59. The van der Waals surface area contributed by atoms with Gasteiger partial charge in [-0.05, 0) is 49.5 Å². The summed E-state index contributed by atoms with van der Waals surface area (Å²) in [5.74, 6) is -0.0962. The van der Waals surface area contributed by atoms with Gasteiger partial charge in [-0.2, -0.15) is 0 Å². The molecule has 0 bridgehead atoms. The molecule has 0 radical (unpaired) electrons. The number of amides is 2. The van der Waals surface area contributed by atoms with Crippen molar-refractivity contribution in [3.05, 3.63) is 34.9 Å². The van der Waals surface area contributed by atoms with Crippen LogP contribution in [-0.4, -0.2) is 76.6 Å². The normalized spacial score (nSPS) is 27.4. The van der Waals surface area contributed by atoms with E-state index in [1.807, 2.05) is 4.90 Å². The van der Waals surface area contributed by atoms with Crippen LogP contribution in [0.1, 0.15) is 62.0 Å². The van der Waals surface area contributed by atoms with Crippen molar-refractivity contribution in [3.8, 4) is 11.5 Å². The number of hydrogen-bond acceptors (Lipinski definition) is 7. The lowest BCUT2D eigenvalue weighted by Gasteiger charge is -2.45. The average Bonchev–Trinajstić information content (AvgIpc) is 3.69. The summed E-state index contributed by atoms with van der Waals surface area (Å²) in [5, 5.41) is 33.5. The Morgan fingerprint density at radius 2 is 1.89 bits per heavy atom. The second-order valence-electron chi connectivity index (χ2n) is 10.3. The summed E-state index contributed by atoms with van der Waals surface area (Å²) < 4.78 is 11.8. The van der Waals surface area contributed by atoms with Gasteiger partial charge in [-0.15, -0.1) is 0 Å². The maximum Gasteiger partial charge on any atom is 0.247 e. The zero-order valence-corrected chi connectivity index (χ0v) is 20.7. The van der Waals surface area contributed by atoms with E-state index in [-0.39, 0.29) is 43.5 Å². The van der Waals surface area contributed by atoms with Crippen molar-refractivity contribution in [1.82, 2.24) is 10.2 Å². The lowest BCUT2D eigenvalue weighted by molar-refractivity contribution is -0.142. The molecule has 4 aliphatic rings. The number of carbonyl (C=O) groups is 2. The number of aliphatic hydroxyl groups excluding tert-OH is 3. The highest BCUT2D eigenvalue weighted by molar-refractivity contribution is 5.96. The number of fused-ring (bicyclic) bond motifs is 3. The fourth-order valence-corrected chi connectivity index (χ4v) is 6.06. The van der Waals surface area contributed by atoms with Crippen molar-refractivity contribution >= 4 is 11.8 Å². The summed E-state index contributed by atoms with van der Waals surface area (Å²) in [6.07, 6.45) is 6.56. The maximum absolute atomic E-state index is 13.6. The molecule has 9 heteroatoms. The largest absolute Gasteiger partial charge is 0.493 e. The summed E-state index contributed by atoms with van der Waals surface area (Å²) >= 11 is 0. The monoisotopic (exact) mass is 500 g/mol. The van der Waals surface area contributed by atoms with Crippen molar-refractivity contribution in [2.75, 3.05) is 20.3 Å². The molecule has 3 aliphatic carbocycles. The number of hydrogen-bond donors (Lipinski definition) is 4. The van der Waals surface area contributed by atoms with Gasteiger partial charge in [0.05, 0.1) is 32.3 Å². The molecule has 5 rings (SSSR count). The third-order valence-corrected chi connectivity index (χ3v) is 7.97. The maximum atomic E-state index is 13.6. The fraction of sp³-hybridized carbons (Fsp3) is 0.630. The van der Waals surface area contributed by atoms with Gasteiger partial charge in [0.25, 0.3) is 0 Å². The van der Waals surface area contributed by atoms with E-state index in [4.69, 9.17) is 9.47 Å². The number of rotatable bonds is 8. The molecule has 196 valence electrons. The highest BCUT2D eigenvalue weighted by Crippen LogP contribution is 2.52. The Hall–Kier alpha value is -2.62. The van der Waals surface area contributed by atoms with Gasteiger partial charge >= 0.3 is 0 Å². The summed E-state index contributed by atoms with van der Waals surface area (Å²) in [6.45, 7) is -0.335. The molecule has 2 saturated carbocycles. The number of ether oxygens (including phenoxy) is 2. The molecule has 4 N–H and O–H groups in total. The third kappa shape index (κ3) is 4.48. The third-order valence-electron chi connectivity index (χ3n) is 7.97. The molecule has 9 nitrogen and oxygen atoms in total. The number of benzene rings is 1. The summed E-state index contributed by atoms with van der Waals surface area (Å²) in [6, 6.07) is 2.77. The van der Waals surface area contributed by atoms with E-state index in [1.54, 1.807) is 18.2 Å². The van der Waals surface area contributed by atoms with Crippen LogP contribution in [0.15, 0.2) is 23.8 Å². The van der Waals surface area contributed by atoms with Crippen LogP contribution >= 0.6 is 0 Å². The Morgan fingerprint density at radius 3 is 2.53 bits per heavy atom. The second-order valence-corrected chi connectivity index (χ2v) is 10.3. The van der Waals surface area contributed by atoms with Crippen molar-refractivity contribution < 1.29 is 34.4 Å². The SMILES string of the molecule is COc1cc(CO)cc2c1OC1C2C(C(=O)NCCO)=CC(N(C(=O)C2CC2)C2CCCCC2)C1O. The first-order valence-electron chi connectivity index (χ1n) is 13.1. The Labute approximate surface area is 211 Å². The van der Waals surface area contributed by atoms with Crippen LogP contribution in [0.5, 0.6) is 11.5 Å². The van der Waals surface area contributed by atoms with E-state index in [0.717, 1.165) is 44.9 Å². The van der Waals surface area contributed by atoms with Gasteiger partial charge in [0.2, 0.25) is 11.8 Å². The Kier molecular flexibility index (Phi) is 7.23. The Morgan fingerprint density at radius 1 is 1.14 bits per heavy atom. The average molecular weight is 501 g/mol. The Balaban J connectivity index is 1.59. The molecule has 4 atom stereocenters. The van der Waals surface area contributed by atoms with Crippen molar-refractivity contribution in [3.63, 3.8) is 0 Å². The molecule has 0 aromatic heterocycles. The van der Waals surface area contributed by atoms with Crippen molar-refractivity contribution in [2.45, 2.75) is 81.8 Å². The molecule has 1 aliphatic heterocycles. The van der Waals surface area contributed by atoms with Crippen LogP contribution in [0.3, 0.4) is 0 Å². The summed E-state index contributed by atoms with van der Waals surface area (Å²) in [7, 11) is 1.51. The lowest BCUT2D eigenvalue weighted by atomic mass is 9.76. The minimum Gasteiger partial charge on any atom is -0.493 e. The molecule has 0 spiro atoms. The highest BCUT2D eigenvalue weighted by atomic mass is 16.5. The van der Waals surface area contributed by atoms with Crippen LogP contribution < -0.4 is 14.8 Å². The minimum atomic E-state index is -1.05. The predicted octanol–water partition coefficient (Wildman–Crippen LogP) is 1.38. The Bertz CT molecular complexity index is 1030. The quantitative estimate of drug-likeness (QED) is 0.425. The number of methoxy groups -OCH3 is 1. The van der Waals surface area contributed by atoms with Gasteiger partial charge in [0, 0.05) is 29.6 Å². The van der Waals surface area contributed by atoms with Gasteiger partial charge in [-0.1, -0.05) is 19.3 Å². The van der Waals surface area contributed by atoms with Crippen LogP contribution in [0.25, 0.3) is 0 Å². The van der Waals surface area contributed by atoms with E-state index in [1.165, 1.54) is 7.11 Å². The molecule has 1 heterocycles. The molecule has 1 aromatic carbocycles. The van der Waals surface area contributed by atoms with Gasteiger partial charge in [-0.3, -0.25) is 9.59 Å². The van der Waals surface area contributed by atoms with Crippen LogP contribution in [0.4, 0.5) is 0 Å². The smallest absolute Gasteiger partial charge is 0.247 e. The van der Waals surface area contributed by atoms with E-state index in [0.29, 0.717) is 28.2 Å². The molecule has 36 heavy (non-hydrogen) atoms. The fourth-order valence-electron chi connectivity index (χ4n) is 6.06. The predicted molar refractivity (Wildman–Crippen MR) is 130 cm³/mol. The summed E-state index contributed by atoms with van der Waals surface area (Å²) in [5.41, 5.74) is 1.66. The van der Waals surface area contributed by atoms with Crippen LogP contribution in [0.2, 0.25) is 0 Å². The first-order valence-corrected chi connectivity index (χ1v) is 13.1. The van der Waals surface area contributed by atoms with Gasteiger partial charge < -0.3 is 35.0 Å². The molecule has 0 saturated heterocycles. The molecular weight excluding hydrogens is 464 g/mol. The number of aliphatic hydroxyl groups is 3. The molecule has 2 amide bonds. The molecule has 1 aromatic rings. The van der Waals surface area contributed by atoms with Gasteiger partial charge in [-0.25, -0.2) is 0 Å². The zero-order chi connectivity index (χ0) is 25.4. The van der Waals surface area contributed by atoms with Crippen molar-refractivity contribution in [1.29, 1.82) is 0 Å². The molecular formula is C27H36N2O7. The van der Waals surface area contributed by atoms with E-state index < -0.39 is 24.2 Å². The van der Waals surface area contributed by atoms with Gasteiger partial charge in [0.1, 0.15) is 12.2 Å². The number of nitrogens with one attached hydrogen (secondary N) is 1. The highest BCUT2D eigenvalue weighted by Gasteiger charge is 2.53. The standard InChI is InChI=1S/C27H36N2O7/c1-35-21-12-15(14-31)11-18-22-19(26(33)28-9-10-30)13-20(23(32)25(22)36-24(18)21)29(27(34)16-7-8-16)17-5-3-2-4-6-17/h11-13,16-17,20,22-23,25,30-32H,2-10,14H2,1H3,(H,28,33). The van der Waals surface area contributed by atoms with Gasteiger partial charge in [0.15, 0.2) is 11.5 Å². The summed E-state index contributed by atoms with van der Waals surface area (Å²) in [4.78, 5) is 28.8. The van der Waals surface area contributed by atoms with Crippen LogP contribution in [-0.2, 0) is 16.2 Å². The topological polar surface area (TPSA) is 129 Å². The van der Waals surface area contributed by atoms with Crippen molar-refractivity contribution in [2.24, 2.45) is 5.92 Å².